The Morgan fingerprint density at radius 1 is 1.32 bits per heavy atom. The average molecular weight is 418 g/mol. The van der Waals surface area contributed by atoms with E-state index in [1.54, 1.807) is 0 Å². The summed E-state index contributed by atoms with van der Waals surface area (Å²) < 4.78 is 12.0. The number of carbonyl (C=O) groups is 1. The smallest absolute Gasteiger partial charge is 0.270 e. The van der Waals surface area contributed by atoms with Gasteiger partial charge in [0.2, 0.25) is 0 Å². The summed E-state index contributed by atoms with van der Waals surface area (Å²) in [7, 11) is 0. The van der Waals surface area contributed by atoms with Crippen molar-refractivity contribution in [1.29, 1.82) is 0 Å². The molecule has 0 unspecified atom stereocenters. The lowest BCUT2D eigenvalue weighted by molar-refractivity contribution is 0.0391. The number of hydrogen-bond donors (Lipinski definition) is 0. The maximum atomic E-state index is 13.2. The number of hydrogen-bond acceptors (Lipinski definition) is 7. The van der Waals surface area contributed by atoms with Crippen LogP contribution in [0.25, 0.3) is 10.2 Å². The summed E-state index contributed by atoms with van der Waals surface area (Å²) in [6.07, 6.45) is 0. The Morgan fingerprint density at radius 3 is 2.93 bits per heavy atom. The van der Waals surface area contributed by atoms with Gasteiger partial charge in [-0.25, -0.2) is 4.98 Å². The van der Waals surface area contributed by atoms with Gasteiger partial charge >= 0.3 is 0 Å². The summed E-state index contributed by atoms with van der Waals surface area (Å²) >= 11 is 3.00. The molecule has 0 aliphatic carbocycles. The molecular formula is C20H23N3O3S2. The van der Waals surface area contributed by atoms with E-state index in [9.17, 15) is 4.79 Å². The molecule has 0 N–H and O–H groups in total. The van der Waals surface area contributed by atoms with Crippen LogP contribution in [-0.4, -0.2) is 61.8 Å². The van der Waals surface area contributed by atoms with Gasteiger partial charge in [0.1, 0.15) is 5.75 Å². The molecule has 0 bridgehead atoms. The molecule has 1 aromatic carbocycles. The SMILES string of the molecule is CCOc1ccc2nc(N(CCN3CCOCC3)C(=O)c3cccs3)sc2c1. The first-order valence-corrected chi connectivity index (χ1v) is 11.1. The van der Waals surface area contributed by atoms with Crippen LogP contribution in [-0.2, 0) is 4.74 Å². The number of fused-ring (bicyclic) bond motifs is 1. The highest BCUT2D eigenvalue weighted by Gasteiger charge is 2.23. The molecule has 2 aromatic heterocycles. The van der Waals surface area contributed by atoms with E-state index in [1.807, 2.05) is 47.5 Å². The second-order valence-electron chi connectivity index (χ2n) is 6.45. The molecule has 1 fully saturated rings. The molecule has 8 heteroatoms. The molecule has 1 saturated heterocycles. The number of nitrogens with zero attached hydrogens (tertiary/aromatic N) is 3. The Kier molecular flexibility index (Phi) is 6.21. The summed E-state index contributed by atoms with van der Waals surface area (Å²) in [6, 6.07) is 9.65. The first-order chi connectivity index (χ1) is 13.7. The Morgan fingerprint density at radius 2 is 2.18 bits per heavy atom. The minimum absolute atomic E-state index is 0.00680. The van der Waals surface area contributed by atoms with Gasteiger partial charge in [-0.1, -0.05) is 17.4 Å². The van der Waals surface area contributed by atoms with E-state index in [2.05, 4.69) is 4.90 Å². The second-order valence-corrected chi connectivity index (χ2v) is 8.40. The zero-order chi connectivity index (χ0) is 19.3. The minimum Gasteiger partial charge on any atom is -0.494 e. The normalized spacial score (nSPS) is 15.0. The highest BCUT2D eigenvalue weighted by Crippen LogP contribution is 2.32. The van der Waals surface area contributed by atoms with Gasteiger partial charge in [-0.15, -0.1) is 11.3 Å². The van der Waals surface area contributed by atoms with E-state index in [-0.39, 0.29) is 5.91 Å². The van der Waals surface area contributed by atoms with Crippen molar-refractivity contribution >= 4 is 43.9 Å². The van der Waals surface area contributed by atoms with E-state index in [0.29, 0.717) is 13.2 Å². The predicted octanol–water partition coefficient (Wildman–Crippen LogP) is 3.74. The molecule has 4 rings (SSSR count). The fourth-order valence-corrected chi connectivity index (χ4v) is 4.84. The van der Waals surface area contributed by atoms with Crippen molar-refractivity contribution in [1.82, 2.24) is 9.88 Å². The molecule has 1 aliphatic heterocycles. The van der Waals surface area contributed by atoms with Gasteiger partial charge in [0, 0.05) is 26.2 Å². The Balaban J connectivity index is 1.59. The number of thiazole rings is 1. The zero-order valence-electron chi connectivity index (χ0n) is 15.8. The van der Waals surface area contributed by atoms with E-state index >= 15 is 0 Å². The maximum absolute atomic E-state index is 13.2. The van der Waals surface area contributed by atoms with Gasteiger partial charge in [-0.2, -0.15) is 0 Å². The lowest BCUT2D eigenvalue weighted by Crippen LogP contribution is -2.43. The topological polar surface area (TPSA) is 54.9 Å². The second kappa shape index (κ2) is 9.00. The van der Waals surface area contributed by atoms with Crippen molar-refractivity contribution in [3.8, 4) is 5.75 Å². The van der Waals surface area contributed by atoms with Crippen molar-refractivity contribution in [3.63, 3.8) is 0 Å². The molecule has 6 nitrogen and oxygen atoms in total. The number of carbonyl (C=O) groups excluding carboxylic acids is 1. The number of anilines is 1. The lowest BCUT2D eigenvalue weighted by atomic mass is 10.3. The van der Waals surface area contributed by atoms with Crippen molar-refractivity contribution in [3.05, 3.63) is 40.6 Å². The van der Waals surface area contributed by atoms with Crippen molar-refractivity contribution in [2.75, 3.05) is 50.9 Å². The molecular weight excluding hydrogens is 394 g/mol. The van der Waals surface area contributed by atoms with Crippen molar-refractivity contribution < 1.29 is 14.3 Å². The number of morpholine rings is 1. The molecule has 3 aromatic rings. The fraction of sp³-hybridized carbons (Fsp3) is 0.400. The van der Waals surface area contributed by atoms with Gasteiger partial charge in [0.25, 0.3) is 5.91 Å². The molecule has 1 aliphatic rings. The summed E-state index contributed by atoms with van der Waals surface area (Å²) in [5.74, 6) is 0.835. The van der Waals surface area contributed by atoms with Gasteiger partial charge in [-0.05, 0) is 36.6 Å². The molecule has 0 radical (unpaired) electrons. The fourth-order valence-electron chi connectivity index (χ4n) is 3.15. The monoisotopic (exact) mass is 417 g/mol. The van der Waals surface area contributed by atoms with Crippen molar-refractivity contribution in [2.24, 2.45) is 0 Å². The van der Waals surface area contributed by atoms with Crippen LogP contribution in [0.4, 0.5) is 5.13 Å². The standard InChI is InChI=1S/C20H23N3O3S2/c1-2-26-15-5-6-16-18(14-15)28-20(21-16)23(19(24)17-4-3-13-27-17)8-7-22-9-11-25-12-10-22/h3-6,13-14H,2,7-12H2,1H3. The van der Waals surface area contributed by atoms with Crippen LogP contribution in [0.1, 0.15) is 16.6 Å². The van der Waals surface area contributed by atoms with Crippen LogP contribution in [0.15, 0.2) is 35.7 Å². The van der Waals surface area contributed by atoms with Gasteiger partial charge in [-0.3, -0.25) is 14.6 Å². The Bertz CT molecular complexity index is 920. The van der Waals surface area contributed by atoms with E-state index in [0.717, 1.165) is 58.8 Å². The van der Waals surface area contributed by atoms with Crippen LogP contribution >= 0.6 is 22.7 Å². The van der Waals surface area contributed by atoms with E-state index in [1.165, 1.54) is 22.7 Å². The first kappa shape index (κ1) is 19.3. The third-order valence-electron chi connectivity index (χ3n) is 4.61. The predicted molar refractivity (Wildman–Crippen MR) is 114 cm³/mol. The quantitative estimate of drug-likeness (QED) is 0.586. The van der Waals surface area contributed by atoms with Gasteiger partial charge in [0.05, 0.1) is 34.9 Å². The summed E-state index contributed by atoms with van der Waals surface area (Å²) in [5.41, 5.74) is 0.888. The van der Waals surface area contributed by atoms with Crippen LogP contribution in [0.2, 0.25) is 0 Å². The number of benzene rings is 1. The highest BCUT2D eigenvalue weighted by atomic mass is 32.1. The molecule has 1 amide bonds. The third-order valence-corrected chi connectivity index (χ3v) is 6.51. The zero-order valence-corrected chi connectivity index (χ0v) is 17.4. The minimum atomic E-state index is 0.00680. The van der Waals surface area contributed by atoms with Gasteiger partial charge in [0.15, 0.2) is 5.13 Å². The molecule has 0 atom stereocenters. The summed E-state index contributed by atoms with van der Waals surface area (Å²) in [4.78, 5) is 22.8. The van der Waals surface area contributed by atoms with Gasteiger partial charge < -0.3 is 9.47 Å². The number of ether oxygens (including phenoxy) is 2. The number of rotatable bonds is 7. The van der Waals surface area contributed by atoms with Crippen molar-refractivity contribution in [2.45, 2.75) is 6.92 Å². The average Bonchev–Trinajstić information content (AvgIpc) is 3.39. The van der Waals surface area contributed by atoms with E-state index in [4.69, 9.17) is 14.5 Å². The Hall–Kier alpha value is -2.00. The third kappa shape index (κ3) is 4.35. The van der Waals surface area contributed by atoms with Crippen LogP contribution in [0.3, 0.4) is 0 Å². The lowest BCUT2D eigenvalue weighted by Gasteiger charge is -2.29. The molecule has 0 saturated carbocycles. The maximum Gasteiger partial charge on any atom is 0.270 e. The summed E-state index contributed by atoms with van der Waals surface area (Å²) in [5, 5.41) is 2.66. The van der Waals surface area contributed by atoms with Crippen LogP contribution in [0, 0.1) is 0 Å². The van der Waals surface area contributed by atoms with E-state index < -0.39 is 0 Å². The number of amides is 1. The summed E-state index contributed by atoms with van der Waals surface area (Å²) in [6.45, 7) is 7.31. The van der Waals surface area contributed by atoms with Crippen LogP contribution in [0.5, 0.6) is 5.75 Å². The van der Waals surface area contributed by atoms with Crippen LogP contribution < -0.4 is 9.64 Å². The highest BCUT2D eigenvalue weighted by molar-refractivity contribution is 7.22. The Labute approximate surface area is 172 Å². The molecule has 28 heavy (non-hydrogen) atoms. The largest absolute Gasteiger partial charge is 0.494 e. The molecule has 3 heterocycles. The number of aromatic nitrogens is 1. The number of thiophene rings is 1. The first-order valence-electron chi connectivity index (χ1n) is 9.43. The molecule has 0 spiro atoms. The molecule has 148 valence electrons.